The first kappa shape index (κ1) is 19.2. The van der Waals surface area contributed by atoms with Crippen LogP contribution in [0.5, 0.6) is 0 Å². The zero-order valence-electron chi connectivity index (χ0n) is 16.5. The van der Waals surface area contributed by atoms with Crippen molar-refractivity contribution in [2.45, 2.75) is 51.5 Å². The predicted molar refractivity (Wildman–Crippen MR) is 109 cm³/mol. The van der Waals surface area contributed by atoms with Crippen LogP contribution < -0.4 is 10.6 Å². The molecule has 1 aromatic rings. The molecular formula is C23H33FN2. The van der Waals surface area contributed by atoms with Gasteiger partial charge in [0.2, 0.25) is 0 Å². The average Bonchev–Trinajstić information content (AvgIpc) is 3.06. The van der Waals surface area contributed by atoms with E-state index in [1.807, 2.05) is 12.3 Å². The summed E-state index contributed by atoms with van der Waals surface area (Å²) in [5, 5.41) is 1.94. The molecule has 1 fully saturated rings. The summed E-state index contributed by atoms with van der Waals surface area (Å²) in [6.07, 6.45) is 18.3. The molecule has 2 nitrogen and oxygen atoms in total. The summed E-state index contributed by atoms with van der Waals surface area (Å²) >= 11 is 0. The Morgan fingerprint density at radius 3 is 2.88 bits per heavy atom. The van der Waals surface area contributed by atoms with Crippen molar-refractivity contribution in [3.05, 3.63) is 47.1 Å². The third-order valence-electron chi connectivity index (χ3n) is 6.57. The lowest BCUT2D eigenvalue weighted by molar-refractivity contribution is 0.115. The van der Waals surface area contributed by atoms with Crippen LogP contribution in [0.15, 0.2) is 31.0 Å². The smallest absolute Gasteiger partial charge is 0.109 e. The van der Waals surface area contributed by atoms with Crippen molar-refractivity contribution in [3.63, 3.8) is 0 Å². The summed E-state index contributed by atoms with van der Waals surface area (Å²) in [5.74, 6) is 0.691. The van der Waals surface area contributed by atoms with Crippen LogP contribution in [-0.2, 0) is 6.42 Å². The summed E-state index contributed by atoms with van der Waals surface area (Å²) in [5.41, 5.74) is 1.89. The Morgan fingerprint density at radius 1 is 1.46 bits per heavy atom. The van der Waals surface area contributed by atoms with E-state index in [9.17, 15) is 4.39 Å². The molecule has 3 heteroatoms. The van der Waals surface area contributed by atoms with E-state index < -0.39 is 6.67 Å². The highest BCUT2D eigenvalue weighted by atomic mass is 19.1. The second kappa shape index (κ2) is 7.56. The first-order valence-corrected chi connectivity index (χ1v) is 9.94. The first-order valence-electron chi connectivity index (χ1n) is 9.94. The molecule has 0 aromatic carbocycles. The van der Waals surface area contributed by atoms with Crippen LogP contribution >= 0.6 is 0 Å². The number of nitrogens with one attached hydrogen (secondary N) is 1. The van der Waals surface area contributed by atoms with Gasteiger partial charge in [0.1, 0.15) is 6.67 Å². The number of rotatable bonds is 8. The molecule has 1 N–H and O–H groups in total. The molecule has 26 heavy (non-hydrogen) atoms. The minimum absolute atomic E-state index is 0.236. The molecular weight excluding hydrogens is 323 g/mol. The Kier molecular flexibility index (Phi) is 5.57. The number of H-pyrrole nitrogens is 1. The molecule has 142 valence electrons. The van der Waals surface area contributed by atoms with Crippen molar-refractivity contribution in [1.29, 1.82) is 0 Å². The second-order valence-electron chi connectivity index (χ2n) is 8.47. The number of nitrogens with zero attached hydrogens (tertiary/aromatic N) is 1. The third-order valence-corrected chi connectivity index (χ3v) is 6.57. The van der Waals surface area contributed by atoms with Gasteiger partial charge in [-0.1, -0.05) is 45.1 Å². The SMILES string of the molecule is C=C/C=c1/[nH]cc(CCN(C)C23C=CC2CC(C)(CCC)C3)/c1=C/CF. The molecule has 0 amide bonds. The van der Waals surface area contributed by atoms with Crippen LogP contribution in [0.25, 0.3) is 12.2 Å². The highest BCUT2D eigenvalue weighted by molar-refractivity contribution is 5.39. The van der Waals surface area contributed by atoms with Gasteiger partial charge in [0.15, 0.2) is 0 Å². The van der Waals surface area contributed by atoms with Gasteiger partial charge in [-0.2, -0.15) is 0 Å². The third kappa shape index (κ3) is 3.34. The van der Waals surface area contributed by atoms with Gasteiger partial charge in [-0.25, -0.2) is 4.39 Å². The molecule has 3 atom stereocenters. The molecule has 2 aliphatic rings. The van der Waals surface area contributed by atoms with E-state index in [1.165, 1.54) is 31.2 Å². The van der Waals surface area contributed by atoms with Crippen molar-refractivity contribution >= 4 is 12.2 Å². The number of likely N-dealkylation sites (N-methyl/N-ethyl adjacent to an activating group) is 1. The molecule has 3 unspecified atom stereocenters. The Bertz CT molecular complexity index is 790. The molecule has 1 aromatic heterocycles. The average molecular weight is 357 g/mol. The Hall–Kier alpha value is -1.61. The summed E-state index contributed by atoms with van der Waals surface area (Å²) in [7, 11) is 2.26. The van der Waals surface area contributed by atoms with Gasteiger partial charge in [-0.3, -0.25) is 4.90 Å². The first-order chi connectivity index (χ1) is 12.5. The normalized spacial score (nSPS) is 31.5. The number of fused-ring (bicyclic) bond motifs is 1. The number of halogens is 1. The van der Waals surface area contributed by atoms with E-state index in [0.717, 1.165) is 23.5 Å². The van der Waals surface area contributed by atoms with Crippen molar-refractivity contribution in [2.75, 3.05) is 20.3 Å². The quantitative estimate of drug-likeness (QED) is 0.703. The fraction of sp³-hybridized carbons (Fsp3) is 0.565. The summed E-state index contributed by atoms with van der Waals surface area (Å²) in [4.78, 5) is 5.80. The van der Waals surface area contributed by atoms with Crippen molar-refractivity contribution in [2.24, 2.45) is 11.3 Å². The Balaban J connectivity index is 1.73. The molecule has 0 bridgehead atoms. The van der Waals surface area contributed by atoms with E-state index in [0.29, 0.717) is 11.3 Å². The molecule has 1 saturated carbocycles. The maximum Gasteiger partial charge on any atom is 0.109 e. The highest BCUT2D eigenvalue weighted by Gasteiger charge is 2.55. The van der Waals surface area contributed by atoms with Crippen molar-refractivity contribution in [1.82, 2.24) is 9.88 Å². The molecule has 2 aliphatic carbocycles. The Morgan fingerprint density at radius 2 is 2.27 bits per heavy atom. The molecule has 0 saturated heterocycles. The number of alkyl halides is 1. The lowest BCUT2D eigenvalue weighted by atomic mass is 9.75. The van der Waals surface area contributed by atoms with Crippen molar-refractivity contribution < 1.29 is 4.39 Å². The van der Waals surface area contributed by atoms with Crippen molar-refractivity contribution in [3.8, 4) is 0 Å². The zero-order valence-corrected chi connectivity index (χ0v) is 16.5. The Labute approximate surface area is 157 Å². The van der Waals surface area contributed by atoms with Crippen LogP contribution in [0.1, 0.15) is 45.1 Å². The molecule has 1 heterocycles. The lowest BCUT2D eigenvalue weighted by Gasteiger charge is -2.46. The number of allylic oxidation sites excluding steroid dienone is 1. The zero-order chi connectivity index (χ0) is 18.8. The summed E-state index contributed by atoms with van der Waals surface area (Å²) < 4.78 is 13.0. The fourth-order valence-electron chi connectivity index (χ4n) is 5.29. The predicted octanol–water partition coefficient (Wildman–Crippen LogP) is 3.73. The van der Waals surface area contributed by atoms with Gasteiger partial charge in [0.25, 0.3) is 0 Å². The van der Waals surface area contributed by atoms with E-state index in [-0.39, 0.29) is 5.54 Å². The number of hydrogen-bond acceptors (Lipinski definition) is 1. The van der Waals surface area contributed by atoms with Crippen LogP contribution in [0, 0.1) is 11.3 Å². The molecule has 0 spiro atoms. The second-order valence-corrected chi connectivity index (χ2v) is 8.47. The van der Waals surface area contributed by atoms with E-state index in [4.69, 9.17) is 0 Å². The minimum Gasteiger partial charge on any atom is -0.361 e. The summed E-state index contributed by atoms with van der Waals surface area (Å²) in [6.45, 7) is 9.05. The maximum atomic E-state index is 13.0. The van der Waals surface area contributed by atoms with Crippen LogP contribution in [0.4, 0.5) is 4.39 Å². The largest absolute Gasteiger partial charge is 0.361 e. The van der Waals surface area contributed by atoms with E-state index >= 15 is 0 Å². The van der Waals surface area contributed by atoms with Crippen LogP contribution in [0.2, 0.25) is 0 Å². The maximum absolute atomic E-state index is 13.0. The van der Waals surface area contributed by atoms with Crippen LogP contribution in [-0.4, -0.2) is 35.7 Å². The van der Waals surface area contributed by atoms with Crippen LogP contribution in [0.3, 0.4) is 0 Å². The van der Waals surface area contributed by atoms with Gasteiger partial charge in [0, 0.05) is 28.8 Å². The van der Waals surface area contributed by atoms with Gasteiger partial charge < -0.3 is 4.98 Å². The molecule has 0 aliphatic heterocycles. The summed E-state index contributed by atoms with van der Waals surface area (Å²) in [6, 6.07) is 0. The molecule has 0 radical (unpaired) electrons. The molecule has 3 rings (SSSR count). The monoisotopic (exact) mass is 356 g/mol. The van der Waals surface area contributed by atoms with E-state index in [1.54, 1.807) is 12.2 Å². The minimum atomic E-state index is -0.442. The van der Waals surface area contributed by atoms with Gasteiger partial charge in [-0.05, 0) is 61.8 Å². The van der Waals surface area contributed by atoms with E-state index in [2.05, 4.69) is 49.5 Å². The fourth-order valence-corrected chi connectivity index (χ4v) is 5.29. The van der Waals surface area contributed by atoms with Gasteiger partial charge >= 0.3 is 0 Å². The number of aromatic amines is 1. The lowest BCUT2D eigenvalue weighted by Crippen LogP contribution is -2.52. The standard InChI is InChI=1S/C23H33FN2/c1-5-7-21-20(9-13-24)18(16-25-21)10-14-26(4)23-12-8-19(23)15-22(3,17-23)11-6-2/h5,7-9,12,16,19,25H,1,6,10-11,13-15,17H2,2-4H3/b20-9-,21-7+. The van der Waals surface area contributed by atoms with Gasteiger partial charge in [-0.15, -0.1) is 0 Å². The number of hydrogen-bond donors (Lipinski definition) is 1. The number of aromatic nitrogens is 1. The topological polar surface area (TPSA) is 19.0 Å². The van der Waals surface area contributed by atoms with Gasteiger partial charge in [0.05, 0.1) is 0 Å². The highest BCUT2D eigenvalue weighted by Crippen LogP contribution is 2.57.